The van der Waals surface area contributed by atoms with Crippen LogP contribution >= 0.6 is 0 Å². The van der Waals surface area contributed by atoms with Gasteiger partial charge in [-0.15, -0.1) is 0 Å². The zero-order valence-electron chi connectivity index (χ0n) is 20.5. The Morgan fingerprint density at radius 1 is 1.18 bits per heavy atom. The molecule has 1 fully saturated rings. The maximum absolute atomic E-state index is 13.3. The van der Waals surface area contributed by atoms with Gasteiger partial charge in [-0.05, 0) is 50.1 Å². The molecule has 10 nitrogen and oxygen atoms in total. The second-order valence-corrected chi connectivity index (χ2v) is 9.09. The number of hydrogen-bond acceptors (Lipinski definition) is 9. The summed E-state index contributed by atoms with van der Waals surface area (Å²) in [6.45, 7) is 1.93. The molecule has 0 bridgehead atoms. The van der Waals surface area contributed by atoms with Crippen molar-refractivity contribution in [3.63, 3.8) is 0 Å². The molecule has 0 saturated heterocycles. The minimum absolute atomic E-state index is 0.00870. The van der Waals surface area contributed by atoms with Crippen LogP contribution in [-0.4, -0.2) is 45.0 Å². The smallest absolute Gasteiger partial charge is 0.433 e. The number of nitrogens with one attached hydrogen (secondary N) is 2. The second kappa shape index (κ2) is 9.56. The number of pyridine rings is 1. The first-order valence-corrected chi connectivity index (χ1v) is 11.8. The Balaban J connectivity index is 1.45. The van der Waals surface area contributed by atoms with Gasteiger partial charge in [0.2, 0.25) is 11.8 Å². The molecule has 1 aliphatic rings. The van der Waals surface area contributed by atoms with Crippen LogP contribution in [0.15, 0.2) is 47.1 Å². The number of nitrogens with zero attached hydrogens (tertiary/aromatic N) is 4. The van der Waals surface area contributed by atoms with Gasteiger partial charge >= 0.3 is 6.18 Å². The lowest BCUT2D eigenvalue weighted by Crippen LogP contribution is -2.39. The maximum Gasteiger partial charge on any atom is 0.433 e. The van der Waals surface area contributed by atoms with Gasteiger partial charge in [0, 0.05) is 29.9 Å². The number of alkyl halides is 3. The Labute approximate surface area is 214 Å². The van der Waals surface area contributed by atoms with Crippen LogP contribution in [0.3, 0.4) is 0 Å². The van der Waals surface area contributed by atoms with E-state index in [2.05, 4.69) is 30.6 Å². The Morgan fingerprint density at radius 3 is 2.55 bits per heavy atom. The number of methoxy groups -OCH3 is 1. The van der Waals surface area contributed by atoms with Crippen molar-refractivity contribution in [3.8, 4) is 17.2 Å². The first-order chi connectivity index (χ1) is 18.1. The summed E-state index contributed by atoms with van der Waals surface area (Å²) in [6, 6.07) is 6.22. The fourth-order valence-electron chi connectivity index (χ4n) is 4.05. The molecule has 4 N–H and O–H groups in total. The number of oxazole rings is 1. The van der Waals surface area contributed by atoms with Crippen molar-refractivity contribution in [2.45, 2.75) is 37.5 Å². The van der Waals surface area contributed by atoms with Crippen LogP contribution in [0.2, 0.25) is 0 Å². The van der Waals surface area contributed by atoms with Crippen LogP contribution in [0, 0.1) is 0 Å². The lowest BCUT2D eigenvalue weighted by Gasteiger charge is -2.17. The Hall–Kier alpha value is -4.26. The number of ether oxygens (including phenoxy) is 1. The van der Waals surface area contributed by atoms with Gasteiger partial charge in [0.1, 0.15) is 17.0 Å². The predicted molar refractivity (Wildman–Crippen MR) is 131 cm³/mol. The number of hydrogen-bond donors (Lipinski definition) is 3. The van der Waals surface area contributed by atoms with E-state index >= 15 is 0 Å². The number of nitrogens with two attached hydrogens (primary N) is 1. The van der Waals surface area contributed by atoms with E-state index in [1.165, 1.54) is 19.2 Å². The minimum atomic E-state index is -4.63. The zero-order valence-corrected chi connectivity index (χ0v) is 20.5. The average molecular weight is 528 g/mol. The van der Waals surface area contributed by atoms with E-state index in [4.69, 9.17) is 14.9 Å². The Bertz CT molecular complexity index is 1490. The van der Waals surface area contributed by atoms with E-state index in [9.17, 15) is 18.0 Å². The molecule has 13 heteroatoms. The van der Waals surface area contributed by atoms with Crippen molar-refractivity contribution in [3.05, 3.63) is 59.9 Å². The summed E-state index contributed by atoms with van der Waals surface area (Å²) < 4.78 is 51.0. The van der Waals surface area contributed by atoms with E-state index in [0.29, 0.717) is 23.4 Å². The molecule has 0 aliphatic heterocycles. The molecular weight excluding hydrogens is 503 g/mol. The van der Waals surface area contributed by atoms with Gasteiger partial charge in [0.25, 0.3) is 5.91 Å². The minimum Gasteiger partial charge on any atom is -0.494 e. The molecule has 3 heterocycles. The molecule has 0 spiro atoms. The molecule has 1 saturated carbocycles. The van der Waals surface area contributed by atoms with Crippen molar-refractivity contribution in [2.24, 2.45) is 5.73 Å². The molecule has 5 rings (SSSR count). The highest BCUT2D eigenvalue weighted by molar-refractivity contribution is 5.98. The number of carbonyl (C=O) groups excluding carboxylic acids is 1. The summed E-state index contributed by atoms with van der Waals surface area (Å²) in [5, 5.41) is 6.43. The third kappa shape index (κ3) is 4.96. The number of benzene rings is 1. The number of amides is 1. The van der Waals surface area contributed by atoms with Crippen LogP contribution in [-0.2, 0) is 6.18 Å². The standard InChI is InChI=1S/C25H24F3N7O3/c1-13(29)20-19(21(36)32-12-24(8-9-24)35-23-30-10-3-11-31-23)34-22(38-20)15-4-6-16(37-2)18-14(15)5-7-17(33-18)25(26,27)28/h3-7,10-11,13H,8-9,12,29H2,1-2H3,(H,32,36)(H,30,31,35)/t13-/m0/s1. The summed E-state index contributed by atoms with van der Waals surface area (Å²) in [7, 11) is 1.34. The van der Waals surface area contributed by atoms with Gasteiger partial charge in [-0.3, -0.25) is 4.79 Å². The first kappa shape index (κ1) is 25.4. The molecule has 1 aliphatic carbocycles. The Morgan fingerprint density at radius 2 is 1.92 bits per heavy atom. The van der Waals surface area contributed by atoms with Crippen molar-refractivity contribution < 1.29 is 27.1 Å². The molecule has 1 aromatic carbocycles. The van der Waals surface area contributed by atoms with Crippen LogP contribution in [0.4, 0.5) is 19.1 Å². The van der Waals surface area contributed by atoms with Crippen LogP contribution in [0.25, 0.3) is 22.4 Å². The number of carbonyl (C=O) groups is 1. The van der Waals surface area contributed by atoms with Gasteiger partial charge in [-0.2, -0.15) is 13.2 Å². The molecule has 4 aromatic rings. The number of aromatic nitrogens is 4. The van der Waals surface area contributed by atoms with Gasteiger partial charge in [-0.25, -0.2) is 19.9 Å². The number of rotatable bonds is 8. The third-order valence-electron chi connectivity index (χ3n) is 6.23. The summed E-state index contributed by atoms with van der Waals surface area (Å²) >= 11 is 0. The zero-order chi connectivity index (χ0) is 27.1. The van der Waals surface area contributed by atoms with Crippen LogP contribution < -0.4 is 21.1 Å². The number of anilines is 1. The summed E-state index contributed by atoms with van der Waals surface area (Å²) in [6.07, 6.45) is 0.253. The molecular formula is C25H24F3N7O3. The summed E-state index contributed by atoms with van der Waals surface area (Å²) in [4.78, 5) is 29.6. The quantitative estimate of drug-likeness (QED) is 0.309. The normalized spacial score (nSPS) is 15.2. The van der Waals surface area contributed by atoms with E-state index in [1.807, 2.05) is 0 Å². The molecule has 0 unspecified atom stereocenters. The first-order valence-electron chi connectivity index (χ1n) is 11.8. The summed E-state index contributed by atoms with van der Waals surface area (Å²) in [5.74, 6) is 0.285. The lowest BCUT2D eigenvalue weighted by molar-refractivity contribution is -0.140. The van der Waals surface area contributed by atoms with Gasteiger partial charge < -0.3 is 25.5 Å². The van der Waals surface area contributed by atoms with Crippen molar-refractivity contribution in [1.29, 1.82) is 0 Å². The van der Waals surface area contributed by atoms with Gasteiger partial charge in [-0.1, -0.05) is 0 Å². The van der Waals surface area contributed by atoms with Crippen molar-refractivity contribution in [1.82, 2.24) is 25.3 Å². The molecule has 0 radical (unpaired) electrons. The highest BCUT2D eigenvalue weighted by Gasteiger charge is 2.44. The van der Waals surface area contributed by atoms with Crippen LogP contribution in [0.1, 0.15) is 47.7 Å². The maximum atomic E-state index is 13.3. The topological polar surface area (TPSA) is 141 Å². The summed E-state index contributed by atoms with van der Waals surface area (Å²) in [5.41, 5.74) is 4.95. The highest BCUT2D eigenvalue weighted by atomic mass is 19.4. The third-order valence-corrected chi connectivity index (χ3v) is 6.23. The molecule has 198 valence electrons. The Kier molecular flexibility index (Phi) is 6.39. The number of halogens is 3. The highest BCUT2D eigenvalue weighted by Crippen LogP contribution is 2.39. The van der Waals surface area contributed by atoms with Gasteiger partial charge in [0.05, 0.1) is 18.7 Å². The van der Waals surface area contributed by atoms with Gasteiger partial charge in [0.15, 0.2) is 11.5 Å². The molecule has 3 aromatic heterocycles. The molecule has 1 amide bonds. The van der Waals surface area contributed by atoms with Crippen molar-refractivity contribution in [2.75, 3.05) is 19.0 Å². The van der Waals surface area contributed by atoms with E-state index in [0.717, 1.165) is 18.9 Å². The van der Waals surface area contributed by atoms with E-state index in [-0.39, 0.29) is 34.2 Å². The monoisotopic (exact) mass is 527 g/mol. The fraction of sp³-hybridized carbons (Fsp3) is 0.320. The predicted octanol–water partition coefficient (Wildman–Crippen LogP) is 4.10. The lowest BCUT2D eigenvalue weighted by atomic mass is 10.1. The fourth-order valence-corrected chi connectivity index (χ4v) is 4.05. The molecule has 38 heavy (non-hydrogen) atoms. The van der Waals surface area contributed by atoms with Crippen molar-refractivity contribution >= 4 is 22.8 Å². The molecule has 1 atom stereocenters. The van der Waals surface area contributed by atoms with Crippen LogP contribution in [0.5, 0.6) is 5.75 Å². The SMILES string of the molecule is COc1ccc(-c2nc(C(=O)NCC3(Nc4ncccn4)CC3)c([C@H](C)N)o2)c2ccc(C(F)(F)F)nc12. The van der Waals surface area contributed by atoms with E-state index < -0.39 is 23.8 Å². The van der Waals surface area contributed by atoms with E-state index in [1.54, 1.807) is 31.5 Å². The largest absolute Gasteiger partial charge is 0.494 e. The second-order valence-electron chi connectivity index (χ2n) is 9.09. The number of fused-ring (bicyclic) bond motifs is 1. The average Bonchev–Trinajstić information content (AvgIpc) is 3.50.